The van der Waals surface area contributed by atoms with E-state index in [4.69, 9.17) is 9.47 Å². The maximum atomic E-state index is 13.2. The smallest absolute Gasteiger partial charge is 0.242 e. The molecule has 6 nitrogen and oxygen atoms in total. The van der Waals surface area contributed by atoms with Crippen LogP contribution in [0.2, 0.25) is 0 Å². The molecule has 0 saturated heterocycles. The van der Waals surface area contributed by atoms with Gasteiger partial charge in [0.15, 0.2) is 11.5 Å². The molecule has 2 aromatic rings. The van der Waals surface area contributed by atoms with E-state index in [1.165, 1.54) is 0 Å². The van der Waals surface area contributed by atoms with E-state index in [9.17, 15) is 9.59 Å². The van der Waals surface area contributed by atoms with Crippen LogP contribution in [0, 0.1) is 0 Å². The number of nitrogens with one attached hydrogen (secondary N) is 1. The lowest BCUT2D eigenvalue weighted by atomic mass is 10.1. The van der Waals surface area contributed by atoms with Crippen molar-refractivity contribution >= 4 is 27.7 Å². The molecule has 7 heteroatoms. The van der Waals surface area contributed by atoms with Gasteiger partial charge in [-0.1, -0.05) is 34.1 Å². The van der Waals surface area contributed by atoms with E-state index in [1.807, 2.05) is 63.2 Å². The SMILES string of the molecule is CCNC(=O)C(C)N(Cc1cccc(Br)c1)C(=O)CCc1ccc(OCC)c(OCC)c1. The summed E-state index contributed by atoms with van der Waals surface area (Å²) in [6.07, 6.45) is 0.833. The van der Waals surface area contributed by atoms with E-state index < -0.39 is 6.04 Å². The first kappa shape index (κ1) is 25.7. The molecule has 2 aromatic carbocycles. The first-order chi connectivity index (χ1) is 15.4. The van der Waals surface area contributed by atoms with Crippen LogP contribution in [0.3, 0.4) is 0 Å². The Bertz CT molecular complexity index is 903. The van der Waals surface area contributed by atoms with Gasteiger partial charge in [0.25, 0.3) is 0 Å². The topological polar surface area (TPSA) is 67.9 Å². The Hall–Kier alpha value is -2.54. The highest BCUT2D eigenvalue weighted by molar-refractivity contribution is 9.10. The predicted molar refractivity (Wildman–Crippen MR) is 130 cm³/mol. The molecule has 32 heavy (non-hydrogen) atoms. The molecular formula is C25H33BrN2O4. The third kappa shape index (κ3) is 7.55. The summed E-state index contributed by atoms with van der Waals surface area (Å²) in [4.78, 5) is 27.3. The Balaban J connectivity index is 2.16. The normalized spacial score (nSPS) is 11.5. The first-order valence-corrected chi connectivity index (χ1v) is 11.9. The number of hydrogen-bond acceptors (Lipinski definition) is 4. The second-order valence-electron chi connectivity index (χ2n) is 7.37. The lowest BCUT2D eigenvalue weighted by Crippen LogP contribution is -2.47. The Kier molecular flexibility index (Phi) is 10.5. The lowest BCUT2D eigenvalue weighted by molar-refractivity contribution is -0.140. The number of carbonyl (C=O) groups is 2. The molecule has 1 unspecified atom stereocenters. The Morgan fingerprint density at radius 3 is 2.38 bits per heavy atom. The molecule has 0 aliphatic carbocycles. The minimum Gasteiger partial charge on any atom is -0.490 e. The van der Waals surface area contributed by atoms with E-state index in [-0.39, 0.29) is 18.2 Å². The largest absolute Gasteiger partial charge is 0.490 e. The van der Waals surface area contributed by atoms with Crippen LogP contribution in [0.15, 0.2) is 46.9 Å². The summed E-state index contributed by atoms with van der Waals surface area (Å²) < 4.78 is 12.2. The number of benzene rings is 2. The molecular weight excluding hydrogens is 472 g/mol. The minimum atomic E-state index is -0.569. The molecule has 0 aromatic heterocycles. The van der Waals surface area contributed by atoms with Crippen molar-refractivity contribution in [2.45, 2.75) is 53.1 Å². The Labute approximate surface area is 199 Å². The van der Waals surface area contributed by atoms with Crippen molar-refractivity contribution in [3.8, 4) is 11.5 Å². The number of ether oxygens (including phenoxy) is 2. The lowest BCUT2D eigenvalue weighted by Gasteiger charge is -2.29. The summed E-state index contributed by atoms with van der Waals surface area (Å²) in [6.45, 7) is 9.47. The highest BCUT2D eigenvalue weighted by atomic mass is 79.9. The van der Waals surface area contributed by atoms with Crippen LogP contribution < -0.4 is 14.8 Å². The van der Waals surface area contributed by atoms with E-state index in [0.29, 0.717) is 44.2 Å². The summed E-state index contributed by atoms with van der Waals surface area (Å²) in [7, 11) is 0. The van der Waals surface area contributed by atoms with Gasteiger partial charge < -0.3 is 19.7 Å². The van der Waals surface area contributed by atoms with E-state index in [2.05, 4.69) is 21.2 Å². The zero-order valence-corrected chi connectivity index (χ0v) is 20.9. The van der Waals surface area contributed by atoms with Crippen LogP contribution in [0.5, 0.6) is 11.5 Å². The third-order valence-electron chi connectivity index (χ3n) is 5.00. The maximum absolute atomic E-state index is 13.2. The van der Waals surface area contributed by atoms with Crippen LogP contribution in [0.1, 0.15) is 45.2 Å². The molecule has 0 heterocycles. The van der Waals surface area contributed by atoms with Gasteiger partial charge in [0, 0.05) is 24.0 Å². The predicted octanol–water partition coefficient (Wildman–Crippen LogP) is 4.73. The monoisotopic (exact) mass is 504 g/mol. The number of likely N-dealkylation sites (N-methyl/N-ethyl adjacent to an activating group) is 1. The molecule has 0 radical (unpaired) electrons. The molecule has 0 fully saturated rings. The van der Waals surface area contributed by atoms with E-state index in [1.54, 1.807) is 11.8 Å². The van der Waals surface area contributed by atoms with Crippen molar-refractivity contribution in [1.29, 1.82) is 0 Å². The van der Waals surface area contributed by atoms with Crippen molar-refractivity contribution in [3.63, 3.8) is 0 Å². The number of rotatable bonds is 12. The number of hydrogen-bond donors (Lipinski definition) is 1. The highest BCUT2D eigenvalue weighted by Crippen LogP contribution is 2.29. The van der Waals surface area contributed by atoms with E-state index >= 15 is 0 Å². The van der Waals surface area contributed by atoms with Crippen molar-refractivity contribution in [1.82, 2.24) is 10.2 Å². The number of carbonyl (C=O) groups excluding carboxylic acids is 2. The summed E-state index contributed by atoms with van der Waals surface area (Å²) >= 11 is 3.47. The summed E-state index contributed by atoms with van der Waals surface area (Å²) in [5, 5.41) is 2.82. The Morgan fingerprint density at radius 2 is 1.72 bits per heavy atom. The van der Waals surface area contributed by atoms with Crippen LogP contribution >= 0.6 is 15.9 Å². The fourth-order valence-electron chi connectivity index (χ4n) is 3.38. The summed E-state index contributed by atoms with van der Waals surface area (Å²) in [5.41, 5.74) is 1.95. The van der Waals surface area contributed by atoms with Crippen molar-refractivity contribution in [2.75, 3.05) is 19.8 Å². The van der Waals surface area contributed by atoms with Gasteiger partial charge in [0.05, 0.1) is 13.2 Å². The van der Waals surface area contributed by atoms with Crippen molar-refractivity contribution in [2.24, 2.45) is 0 Å². The van der Waals surface area contributed by atoms with Gasteiger partial charge in [-0.05, 0) is 69.5 Å². The third-order valence-corrected chi connectivity index (χ3v) is 5.49. The van der Waals surface area contributed by atoms with Gasteiger partial charge in [0.1, 0.15) is 6.04 Å². The number of amides is 2. The van der Waals surface area contributed by atoms with Gasteiger partial charge in [-0.3, -0.25) is 9.59 Å². The van der Waals surface area contributed by atoms with Crippen molar-refractivity contribution in [3.05, 3.63) is 58.1 Å². The number of nitrogens with zero attached hydrogens (tertiary/aromatic N) is 1. The average Bonchev–Trinajstić information content (AvgIpc) is 2.77. The van der Waals surface area contributed by atoms with E-state index in [0.717, 1.165) is 15.6 Å². The molecule has 0 aliphatic rings. The molecule has 1 atom stereocenters. The van der Waals surface area contributed by atoms with Gasteiger partial charge in [-0.2, -0.15) is 0 Å². The molecule has 0 saturated carbocycles. The molecule has 1 N–H and O–H groups in total. The molecule has 0 aliphatic heterocycles. The van der Waals surface area contributed by atoms with Gasteiger partial charge in [-0.25, -0.2) is 0 Å². The standard InChI is InChI=1S/C25H33BrN2O4/c1-5-27-25(30)18(4)28(17-20-9-8-10-21(26)15-20)24(29)14-12-19-11-13-22(31-6-2)23(16-19)32-7-3/h8-11,13,15-16,18H,5-7,12,14,17H2,1-4H3,(H,27,30). The summed E-state index contributed by atoms with van der Waals surface area (Å²) in [5.74, 6) is 1.15. The average molecular weight is 505 g/mol. The van der Waals surface area contributed by atoms with Gasteiger partial charge >= 0.3 is 0 Å². The maximum Gasteiger partial charge on any atom is 0.242 e. The molecule has 2 rings (SSSR count). The fraction of sp³-hybridized carbons (Fsp3) is 0.440. The second kappa shape index (κ2) is 13.1. The number of aryl methyl sites for hydroxylation is 1. The first-order valence-electron chi connectivity index (χ1n) is 11.1. The minimum absolute atomic E-state index is 0.0735. The van der Waals surface area contributed by atoms with Crippen LogP contribution in [-0.4, -0.2) is 42.5 Å². The van der Waals surface area contributed by atoms with Crippen LogP contribution in [-0.2, 0) is 22.6 Å². The molecule has 2 amide bonds. The highest BCUT2D eigenvalue weighted by Gasteiger charge is 2.25. The zero-order valence-electron chi connectivity index (χ0n) is 19.3. The Morgan fingerprint density at radius 1 is 1.00 bits per heavy atom. The van der Waals surface area contributed by atoms with Crippen LogP contribution in [0.4, 0.5) is 0 Å². The van der Waals surface area contributed by atoms with Gasteiger partial charge in [-0.15, -0.1) is 0 Å². The van der Waals surface area contributed by atoms with Gasteiger partial charge in [0.2, 0.25) is 11.8 Å². The molecule has 0 bridgehead atoms. The second-order valence-corrected chi connectivity index (χ2v) is 8.28. The van der Waals surface area contributed by atoms with Crippen molar-refractivity contribution < 1.29 is 19.1 Å². The zero-order chi connectivity index (χ0) is 23.5. The fourth-order valence-corrected chi connectivity index (χ4v) is 3.83. The number of halogens is 1. The summed E-state index contributed by atoms with van der Waals surface area (Å²) in [6, 6.07) is 13.0. The quantitative estimate of drug-likeness (QED) is 0.453. The molecule has 174 valence electrons. The van der Waals surface area contributed by atoms with Crippen LogP contribution in [0.25, 0.3) is 0 Å². The molecule has 0 spiro atoms.